The van der Waals surface area contributed by atoms with Gasteiger partial charge in [0.15, 0.2) is 15.7 Å². The normalized spacial score (nSPS) is 11.9. The fourth-order valence-corrected chi connectivity index (χ4v) is 1.87. The first-order chi connectivity index (χ1) is 7.59. The van der Waals surface area contributed by atoms with Gasteiger partial charge in [-0.2, -0.15) is 0 Å². The first kappa shape index (κ1) is 13.0. The summed E-state index contributed by atoms with van der Waals surface area (Å²) in [5.74, 6) is 0.888. The predicted molar refractivity (Wildman–Crippen MR) is 59.5 cm³/mol. The Bertz CT molecular complexity index is 414. The summed E-state index contributed by atoms with van der Waals surface area (Å²) in [7, 11) is -2.97. The van der Waals surface area contributed by atoms with Crippen molar-refractivity contribution < 1.29 is 8.42 Å². The zero-order valence-corrected chi connectivity index (χ0v) is 10.4. The van der Waals surface area contributed by atoms with Crippen molar-refractivity contribution in [1.29, 1.82) is 0 Å². The second-order valence-corrected chi connectivity index (χ2v) is 5.81. The van der Waals surface area contributed by atoms with Crippen molar-refractivity contribution in [3.8, 4) is 0 Å². The Labute approximate surface area is 95.1 Å². The van der Waals surface area contributed by atoms with Crippen LogP contribution < -0.4 is 5.32 Å². The maximum absolute atomic E-state index is 11.3. The van der Waals surface area contributed by atoms with E-state index in [9.17, 15) is 8.42 Å². The molecule has 16 heavy (non-hydrogen) atoms. The second-order valence-electron chi connectivity index (χ2n) is 3.33. The average Bonchev–Trinajstić information content (AvgIpc) is 2.71. The van der Waals surface area contributed by atoms with Crippen molar-refractivity contribution in [3.05, 3.63) is 5.82 Å². The van der Waals surface area contributed by atoms with Gasteiger partial charge in [-0.05, 0) is 17.0 Å². The van der Waals surface area contributed by atoms with Gasteiger partial charge in [0.1, 0.15) is 0 Å². The van der Waals surface area contributed by atoms with Crippen LogP contribution >= 0.6 is 0 Å². The van der Waals surface area contributed by atoms with Gasteiger partial charge in [0.05, 0.1) is 18.8 Å². The lowest BCUT2D eigenvalue weighted by molar-refractivity contribution is 0.554. The number of aryl methyl sites for hydroxylation is 1. The van der Waals surface area contributed by atoms with Gasteiger partial charge in [0.25, 0.3) is 0 Å². The number of nitrogens with one attached hydrogen (secondary N) is 1. The molecule has 1 aromatic rings. The van der Waals surface area contributed by atoms with Crippen LogP contribution in [-0.4, -0.2) is 46.7 Å². The molecule has 0 saturated carbocycles. The van der Waals surface area contributed by atoms with E-state index in [0.29, 0.717) is 18.9 Å². The van der Waals surface area contributed by atoms with Gasteiger partial charge in [0.2, 0.25) is 0 Å². The lowest BCUT2D eigenvalue weighted by Gasteiger charge is -2.04. The smallest absolute Gasteiger partial charge is 0.165 e. The van der Waals surface area contributed by atoms with Crippen molar-refractivity contribution in [1.82, 2.24) is 25.5 Å². The fourth-order valence-electron chi connectivity index (χ4n) is 1.13. The number of hydrogen-bond acceptors (Lipinski definition) is 6. The first-order valence-corrected chi connectivity index (χ1v) is 7.07. The van der Waals surface area contributed by atoms with Gasteiger partial charge in [-0.25, -0.2) is 13.1 Å². The summed E-state index contributed by atoms with van der Waals surface area (Å²) in [5.41, 5.74) is 0. The number of nitrogens with zero attached hydrogens (tertiary/aromatic N) is 4. The van der Waals surface area contributed by atoms with E-state index in [1.165, 1.54) is 4.68 Å². The van der Waals surface area contributed by atoms with Crippen LogP contribution in [0.3, 0.4) is 0 Å². The van der Waals surface area contributed by atoms with Crippen LogP contribution in [0.4, 0.5) is 0 Å². The molecule has 0 aliphatic carbocycles. The first-order valence-electron chi connectivity index (χ1n) is 5.25. The van der Waals surface area contributed by atoms with Crippen LogP contribution in [0.2, 0.25) is 0 Å². The number of aromatic nitrogens is 4. The molecule has 1 aromatic heterocycles. The molecule has 0 radical (unpaired) electrons. The maximum atomic E-state index is 11.3. The highest BCUT2D eigenvalue weighted by Gasteiger charge is 2.11. The molecule has 0 aliphatic heterocycles. The molecule has 7 nitrogen and oxygen atoms in total. The van der Waals surface area contributed by atoms with Crippen LogP contribution in [0.5, 0.6) is 0 Å². The molecule has 0 amide bonds. The number of sulfone groups is 1. The van der Waals surface area contributed by atoms with E-state index in [1.54, 1.807) is 6.92 Å². The lowest BCUT2D eigenvalue weighted by Crippen LogP contribution is -2.20. The summed E-state index contributed by atoms with van der Waals surface area (Å²) in [6.07, 6.45) is 0. The molecule has 0 atom stereocenters. The Morgan fingerprint density at radius 2 is 2.12 bits per heavy atom. The lowest BCUT2D eigenvalue weighted by atomic mass is 10.5. The summed E-state index contributed by atoms with van der Waals surface area (Å²) in [5, 5.41) is 14.2. The van der Waals surface area contributed by atoms with Gasteiger partial charge in [-0.3, -0.25) is 0 Å². The Balaban J connectivity index is 2.57. The molecule has 92 valence electrons. The molecule has 8 heteroatoms. The summed E-state index contributed by atoms with van der Waals surface area (Å²) >= 11 is 0. The Morgan fingerprint density at radius 3 is 2.75 bits per heavy atom. The number of rotatable bonds is 7. The Kier molecular flexibility index (Phi) is 4.81. The molecule has 0 saturated heterocycles. The molecule has 0 spiro atoms. The average molecular weight is 247 g/mol. The molecular formula is C8H17N5O2S. The molecule has 0 bridgehead atoms. The molecule has 1 N–H and O–H groups in total. The van der Waals surface area contributed by atoms with Gasteiger partial charge < -0.3 is 5.32 Å². The van der Waals surface area contributed by atoms with E-state index in [4.69, 9.17) is 0 Å². The number of hydrogen-bond donors (Lipinski definition) is 1. The molecule has 0 unspecified atom stereocenters. The van der Waals surface area contributed by atoms with Crippen molar-refractivity contribution in [2.45, 2.75) is 26.9 Å². The standard InChI is InChI=1S/C8H17N5O2S/c1-3-9-7-8-10-11-12-13(8)5-6-16(14,15)4-2/h9H,3-7H2,1-2H3. The van der Waals surface area contributed by atoms with Gasteiger partial charge in [-0.15, -0.1) is 5.10 Å². The minimum atomic E-state index is -2.97. The van der Waals surface area contributed by atoms with Crippen LogP contribution in [0.1, 0.15) is 19.7 Å². The highest BCUT2D eigenvalue weighted by Crippen LogP contribution is 1.96. The fraction of sp³-hybridized carbons (Fsp3) is 0.875. The summed E-state index contributed by atoms with van der Waals surface area (Å²) in [6.45, 7) is 5.30. The molecule has 0 aliphatic rings. The highest BCUT2D eigenvalue weighted by molar-refractivity contribution is 7.91. The van der Waals surface area contributed by atoms with E-state index in [-0.39, 0.29) is 11.5 Å². The quantitative estimate of drug-likeness (QED) is 0.679. The molecule has 1 heterocycles. The third kappa shape index (κ3) is 3.86. The van der Waals surface area contributed by atoms with E-state index in [1.807, 2.05) is 6.92 Å². The van der Waals surface area contributed by atoms with Crippen LogP contribution in [0.25, 0.3) is 0 Å². The Hall–Kier alpha value is -1.02. The maximum Gasteiger partial charge on any atom is 0.165 e. The van der Waals surface area contributed by atoms with E-state index < -0.39 is 9.84 Å². The van der Waals surface area contributed by atoms with Gasteiger partial charge >= 0.3 is 0 Å². The van der Waals surface area contributed by atoms with Crippen molar-refractivity contribution in [2.75, 3.05) is 18.1 Å². The van der Waals surface area contributed by atoms with Crippen molar-refractivity contribution in [2.24, 2.45) is 0 Å². The molecule has 0 fully saturated rings. The summed E-state index contributed by atoms with van der Waals surface area (Å²) < 4.78 is 24.2. The highest BCUT2D eigenvalue weighted by atomic mass is 32.2. The third-order valence-corrected chi connectivity index (χ3v) is 3.88. The largest absolute Gasteiger partial charge is 0.310 e. The second kappa shape index (κ2) is 5.90. The van der Waals surface area contributed by atoms with Crippen LogP contribution in [-0.2, 0) is 22.9 Å². The zero-order valence-electron chi connectivity index (χ0n) is 9.55. The van der Waals surface area contributed by atoms with E-state index >= 15 is 0 Å². The Morgan fingerprint density at radius 1 is 1.38 bits per heavy atom. The molecular weight excluding hydrogens is 230 g/mol. The van der Waals surface area contributed by atoms with Gasteiger partial charge in [0, 0.05) is 5.75 Å². The van der Waals surface area contributed by atoms with Crippen molar-refractivity contribution in [3.63, 3.8) is 0 Å². The van der Waals surface area contributed by atoms with Crippen molar-refractivity contribution >= 4 is 9.84 Å². The topological polar surface area (TPSA) is 89.8 Å². The minimum Gasteiger partial charge on any atom is -0.310 e. The van der Waals surface area contributed by atoms with Crippen LogP contribution in [0.15, 0.2) is 0 Å². The van der Waals surface area contributed by atoms with E-state index in [2.05, 4.69) is 20.8 Å². The third-order valence-electron chi connectivity index (χ3n) is 2.19. The van der Waals surface area contributed by atoms with Crippen LogP contribution in [0, 0.1) is 0 Å². The summed E-state index contributed by atoms with van der Waals surface area (Å²) in [4.78, 5) is 0. The molecule has 1 rings (SSSR count). The summed E-state index contributed by atoms with van der Waals surface area (Å²) in [6, 6.07) is 0. The monoisotopic (exact) mass is 247 g/mol. The minimum absolute atomic E-state index is 0.0770. The zero-order chi connectivity index (χ0) is 12.0. The molecule has 0 aromatic carbocycles. The number of tetrazole rings is 1. The van der Waals surface area contributed by atoms with Gasteiger partial charge in [-0.1, -0.05) is 13.8 Å². The van der Waals surface area contributed by atoms with E-state index in [0.717, 1.165) is 6.54 Å². The SMILES string of the molecule is CCNCc1nnnn1CCS(=O)(=O)CC. The predicted octanol–water partition coefficient (Wildman–Crippen LogP) is -0.783.